The smallest absolute Gasteiger partial charge is 0.323 e. The van der Waals surface area contributed by atoms with Crippen LogP contribution in [0, 0.1) is 0 Å². The molecular formula is C15H17N3O3. The summed E-state index contributed by atoms with van der Waals surface area (Å²) in [5.74, 6) is -0.562. The second-order valence-electron chi connectivity index (χ2n) is 5.26. The second-order valence-corrected chi connectivity index (χ2v) is 5.26. The summed E-state index contributed by atoms with van der Waals surface area (Å²) in [4.78, 5) is 30.2. The van der Waals surface area contributed by atoms with Gasteiger partial charge in [0.1, 0.15) is 6.54 Å². The number of carboxylic acids is 1. The highest BCUT2D eigenvalue weighted by Crippen LogP contribution is 2.19. The minimum atomic E-state index is -1.03. The van der Waals surface area contributed by atoms with Crippen LogP contribution in [0.5, 0.6) is 0 Å². The predicted octanol–water partition coefficient (Wildman–Crippen LogP) is 1.47. The standard InChI is InChI=1S/C15H17N3O3/c19-13(20)10-18-14(21)11-6-2-3-7-12(11)16-15(18)17-8-4-1-5-9-17/h2-3,6-7H,1,4-5,8-10H2,(H,19,20). The van der Waals surface area contributed by atoms with Crippen LogP contribution in [-0.4, -0.2) is 33.7 Å². The third-order valence-electron chi connectivity index (χ3n) is 3.77. The van der Waals surface area contributed by atoms with E-state index in [0.29, 0.717) is 16.9 Å². The highest BCUT2D eigenvalue weighted by molar-refractivity contribution is 5.79. The van der Waals surface area contributed by atoms with Crippen molar-refractivity contribution >= 4 is 22.8 Å². The number of carboxylic acid groups (broad SMARTS) is 1. The van der Waals surface area contributed by atoms with E-state index in [2.05, 4.69) is 4.98 Å². The Morgan fingerprint density at radius 2 is 1.90 bits per heavy atom. The molecule has 1 N–H and O–H groups in total. The largest absolute Gasteiger partial charge is 0.480 e. The van der Waals surface area contributed by atoms with Gasteiger partial charge >= 0.3 is 5.97 Å². The molecule has 0 unspecified atom stereocenters. The minimum absolute atomic E-state index is 0.288. The topological polar surface area (TPSA) is 75.4 Å². The van der Waals surface area contributed by atoms with E-state index in [9.17, 15) is 9.59 Å². The molecule has 1 aromatic heterocycles. The number of hydrogen-bond donors (Lipinski definition) is 1. The lowest BCUT2D eigenvalue weighted by atomic mass is 10.1. The highest BCUT2D eigenvalue weighted by Gasteiger charge is 2.20. The summed E-state index contributed by atoms with van der Waals surface area (Å²) < 4.78 is 1.27. The molecule has 2 heterocycles. The number of piperidine rings is 1. The number of fused-ring (bicyclic) bond motifs is 1. The van der Waals surface area contributed by atoms with Crippen LogP contribution in [0.1, 0.15) is 19.3 Å². The lowest BCUT2D eigenvalue weighted by Gasteiger charge is -2.29. The first-order valence-corrected chi connectivity index (χ1v) is 7.13. The van der Waals surface area contributed by atoms with Gasteiger partial charge in [-0.05, 0) is 31.4 Å². The molecule has 0 radical (unpaired) electrons. The summed E-state index contributed by atoms with van der Waals surface area (Å²) >= 11 is 0. The van der Waals surface area contributed by atoms with Crippen molar-refractivity contribution in [2.24, 2.45) is 0 Å². The molecule has 0 aliphatic carbocycles. The van der Waals surface area contributed by atoms with E-state index in [0.717, 1.165) is 32.4 Å². The van der Waals surface area contributed by atoms with Crippen molar-refractivity contribution in [1.82, 2.24) is 9.55 Å². The minimum Gasteiger partial charge on any atom is -0.480 e. The molecule has 0 atom stereocenters. The van der Waals surface area contributed by atoms with E-state index < -0.39 is 5.97 Å². The van der Waals surface area contributed by atoms with Crippen LogP contribution >= 0.6 is 0 Å². The molecule has 2 aromatic rings. The van der Waals surface area contributed by atoms with E-state index in [-0.39, 0.29) is 12.1 Å². The Balaban J connectivity index is 2.19. The first-order chi connectivity index (χ1) is 10.2. The van der Waals surface area contributed by atoms with Crippen molar-refractivity contribution in [1.29, 1.82) is 0 Å². The molecule has 0 bridgehead atoms. The molecule has 110 valence electrons. The fourth-order valence-electron chi connectivity index (χ4n) is 2.77. The Morgan fingerprint density at radius 3 is 2.62 bits per heavy atom. The van der Waals surface area contributed by atoms with Gasteiger partial charge < -0.3 is 10.0 Å². The van der Waals surface area contributed by atoms with Crippen molar-refractivity contribution in [3.05, 3.63) is 34.6 Å². The molecule has 0 amide bonds. The first-order valence-electron chi connectivity index (χ1n) is 7.13. The summed E-state index contributed by atoms with van der Waals surface area (Å²) in [6.07, 6.45) is 3.23. The number of rotatable bonds is 3. The molecule has 6 nitrogen and oxygen atoms in total. The zero-order valence-corrected chi connectivity index (χ0v) is 11.7. The van der Waals surface area contributed by atoms with Crippen LogP contribution in [-0.2, 0) is 11.3 Å². The Kier molecular flexibility index (Phi) is 3.60. The predicted molar refractivity (Wildman–Crippen MR) is 79.7 cm³/mol. The maximum Gasteiger partial charge on any atom is 0.323 e. The normalized spacial score (nSPS) is 15.3. The van der Waals surface area contributed by atoms with Crippen LogP contribution in [0.3, 0.4) is 0 Å². The molecule has 21 heavy (non-hydrogen) atoms. The Labute approximate surface area is 121 Å². The molecule has 3 rings (SSSR count). The second kappa shape index (κ2) is 5.55. The molecule has 0 spiro atoms. The molecule has 1 aliphatic rings. The third kappa shape index (κ3) is 2.61. The van der Waals surface area contributed by atoms with Gasteiger partial charge in [0.15, 0.2) is 0 Å². The molecular weight excluding hydrogens is 270 g/mol. The van der Waals surface area contributed by atoms with Crippen molar-refractivity contribution in [2.75, 3.05) is 18.0 Å². The van der Waals surface area contributed by atoms with Crippen molar-refractivity contribution in [3.8, 4) is 0 Å². The number of anilines is 1. The number of carbonyl (C=O) groups is 1. The number of aliphatic carboxylic acids is 1. The zero-order chi connectivity index (χ0) is 14.8. The Bertz CT molecular complexity index is 733. The molecule has 0 saturated carbocycles. The first kappa shape index (κ1) is 13.6. The summed E-state index contributed by atoms with van der Waals surface area (Å²) in [5, 5.41) is 9.54. The number of aromatic nitrogens is 2. The Morgan fingerprint density at radius 1 is 1.19 bits per heavy atom. The van der Waals surface area contributed by atoms with E-state index in [1.807, 2.05) is 11.0 Å². The fourth-order valence-corrected chi connectivity index (χ4v) is 2.77. The van der Waals surface area contributed by atoms with Crippen LogP contribution in [0.2, 0.25) is 0 Å². The van der Waals surface area contributed by atoms with Crippen LogP contribution in [0.15, 0.2) is 29.1 Å². The van der Waals surface area contributed by atoms with Crippen molar-refractivity contribution < 1.29 is 9.90 Å². The number of benzene rings is 1. The van der Waals surface area contributed by atoms with Gasteiger partial charge in [0.05, 0.1) is 10.9 Å². The van der Waals surface area contributed by atoms with E-state index >= 15 is 0 Å². The number of hydrogen-bond acceptors (Lipinski definition) is 4. The van der Waals surface area contributed by atoms with Gasteiger partial charge in [0.25, 0.3) is 5.56 Å². The summed E-state index contributed by atoms with van der Waals surface area (Å²) in [6, 6.07) is 7.06. The van der Waals surface area contributed by atoms with Crippen molar-refractivity contribution in [2.45, 2.75) is 25.8 Å². The average molecular weight is 287 g/mol. The maximum absolute atomic E-state index is 12.6. The highest BCUT2D eigenvalue weighted by atomic mass is 16.4. The van der Waals surface area contributed by atoms with Crippen molar-refractivity contribution in [3.63, 3.8) is 0 Å². The van der Waals surface area contributed by atoms with Gasteiger partial charge in [-0.3, -0.25) is 14.2 Å². The van der Waals surface area contributed by atoms with E-state index in [1.54, 1.807) is 18.2 Å². The van der Waals surface area contributed by atoms with Crippen LogP contribution < -0.4 is 10.5 Å². The average Bonchev–Trinajstić information content (AvgIpc) is 2.50. The monoisotopic (exact) mass is 287 g/mol. The van der Waals surface area contributed by atoms with Gasteiger partial charge in [0, 0.05) is 13.1 Å². The molecule has 6 heteroatoms. The van der Waals surface area contributed by atoms with Gasteiger partial charge in [-0.15, -0.1) is 0 Å². The molecule has 1 saturated heterocycles. The van der Waals surface area contributed by atoms with E-state index in [4.69, 9.17) is 5.11 Å². The van der Waals surface area contributed by atoms with Crippen LogP contribution in [0.4, 0.5) is 5.95 Å². The number of nitrogens with zero attached hydrogens (tertiary/aromatic N) is 3. The lowest BCUT2D eigenvalue weighted by Crippen LogP contribution is -2.37. The Hall–Kier alpha value is -2.37. The van der Waals surface area contributed by atoms with Gasteiger partial charge in [-0.1, -0.05) is 12.1 Å². The maximum atomic E-state index is 12.6. The number of para-hydroxylation sites is 1. The van der Waals surface area contributed by atoms with Gasteiger partial charge in [-0.25, -0.2) is 4.98 Å². The molecule has 1 aromatic carbocycles. The SMILES string of the molecule is O=C(O)Cn1c(N2CCCCC2)nc2ccccc2c1=O. The fraction of sp³-hybridized carbons (Fsp3) is 0.400. The molecule has 1 fully saturated rings. The summed E-state index contributed by atoms with van der Waals surface area (Å²) in [6.45, 7) is 1.26. The summed E-state index contributed by atoms with van der Waals surface area (Å²) in [7, 11) is 0. The molecule has 1 aliphatic heterocycles. The third-order valence-corrected chi connectivity index (χ3v) is 3.77. The summed E-state index contributed by atoms with van der Waals surface area (Å²) in [5.41, 5.74) is 0.327. The van der Waals surface area contributed by atoms with Gasteiger partial charge in [0.2, 0.25) is 5.95 Å². The zero-order valence-electron chi connectivity index (χ0n) is 11.7. The lowest BCUT2D eigenvalue weighted by molar-refractivity contribution is -0.137. The van der Waals surface area contributed by atoms with Gasteiger partial charge in [-0.2, -0.15) is 0 Å². The van der Waals surface area contributed by atoms with Crippen LogP contribution in [0.25, 0.3) is 10.9 Å². The van der Waals surface area contributed by atoms with E-state index in [1.165, 1.54) is 4.57 Å². The quantitative estimate of drug-likeness (QED) is 0.925.